The van der Waals surface area contributed by atoms with Gasteiger partial charge in [0, 0.05) is 60.3 Å². The van der Waals surface area contributed by atoms with Crippen molar-refractivity contribution in [3.63, 3.8) is 0 Å². The zero-order chi connectivity index (χ0) is 46.8. The molecule has 0 radical (unpaired) electrons. The van der Waals surface area contributed by atoms with Crippen LogP contribution in [0.3, 0.4) is 0 Å². The molecule has 3 aromatic rings. The number of nitrogens with one attached hydrogen (secondary N) is 4. The highest BCUT2D eigenvalue weighted by Gasteiger charge is 2.27. The second-order valence-electron chi connectivity index (χ2n) is 13.9. The summed E-state index contributed by atoms with van der Waals surface area (Å²) >= 11 is 0. The maximum atomic E-state index is 13.4. The Morgan fingerprint density at radius 1 is 0.492 bits per heavy atom. The van der Waals surface area contributed by atoms with Crippen LogP contribution in [0.5, 0.6) is 0 Å². The van der Waals surface area contributed by atoms with Crippen molar-refractivity contribution in [1.29, 1.82) is 0 Å². The Bertz CT molecular complexity index is 2150. The van der Waals surface area contributed by atoms with Crippen LogP contribution in [0.4, 0.5) is 15.3 Å². The van der Waals surface area contributed by atoms with E-state index in [9.17, 15) is 68.4 Å². The summed E-state index contributed by atoms with van der Waals surface area (Å²) in [6, 6.07) is 7.51. The van der Waals surface area contributed by atoms with Crippen LogP contribution < -0.4 is 21.3 Å². The molecule has 3 aromatic carbocycles. The lowest BCUT2D eigenvalue weighted by molar-refractivity contribution is -0.142. The number of ketones is 2. The number of amides is 4. The first kappa shape index (κ1) is 49.0. The summed E-state index contributed by atoms with van der Waals surface area (Å²) < 4.78 is 0. The molecule has 0 heterocycles. The fourth-order valence-electron chi connectivity index (χ4n) is 5.84. The average molecular weight is 876 g/mol. The van der Waals surface area contributed by atoms with Gasteiger partial charge in [-0.1, -0.05) is 53.6 Å². The van der Waals surface area contributed by atoms with E-state index in [1.807, 2.05) is 10.6 Å². The van der Waals surface area contributed by atoms with Gasteiger partial charge in [0.05, 0.1) is 0 Å². The highest BCUT2D eigenvalue weighted by molar-refractivity contribution is 6.04. The zero-order valence-electron chi connectivity index (χ0n) is 32.9. The van der Waals surface area contributed by atoms with E-state index in [1.54, 1.807) is 0 Å². The molecule has 0 spiro atoms. The molecule has 0 aliphatic rings. The third kappa shape index (κ3) is 16.7. The molecule has 0 aromatic heterocycles. The van der Waals surface area contributed by atoms with Gasteiger partial charge in [-0.2, -0.15) is 0 Å². The average Bonchev–Trinajstić information content (AvgIpc) is 3.21. The molecule has 0 saturated heterocycles. The topological polar surface area (TPSA) is 389 Å². The summed E-state index contributed by atoms with van der Waals surface area (Å²) in [5.74, 6) is -9.46. The minimum atomic E-state index is -1.58. The number of carbonyl (C=O) groups excluding carboxylic acids is 4. The van der Waals surface area contributed by atoms with Crippen LogP contribution >= 0.6 is 0 Å². The minimum Gasteiger partial charge on any atom is -0.481 e. The summed E-state index contributed by atoms with van der Waals surface area (Å²) in [5, 5.41) is 67.3. The lowest BCUT2D eigenvalue weighted by Crippen LogP contribution is -2.51. The molecule has 332 valence electrons. The molecular weight excluding hydrogens is 834 g/mol. The van der Waals surface area contributed by atoms with Crippen molar-refractivity contribution in [2.45, 2.75) is 75.5 Å². The van der Waals surface area contributed by atoms with Crippen LogP contribution in [0.15, 0.2) is 71.8 Å². The Labute approximate surface area is 355 Å². The van der Waals surface area contributed by atoms with Crippen molar-refractivity contribution in [3.05, 3.63) is 111 Å². The summed E-state index contributed by atoms with van der Waals surface area (Å²) in [6.07, 6.45) is -2.89. The monoisotopic (exact) mass is 875 g/mol. The fraction of sp³-hybridized carbons (Fsp3) is 0.300. The van der Waals surface area contributed by atoms with Crippen molar-refractivity contribution in [2.24, 2.45) is 5.11 Å². The van der Waals surface area contributed by atoms with E-state index >= 15 is 0 Å². The summed E-state index contributed by atoms with van der Waals surface area (Å²) in [4.78, 5) is 122. The van der Waals surface area contributed by atoms with Crippen molar-refractivity contribution in [3.8, 4) is 0 Å². The number of carboxylic acid groups (broad SMARTS) is 6. The first-order chi connectivity index (χ1) is 29.7. The molecule has 10 N–H and O–H groups in total. The Hall–Kier alpha value is -8.33. The maximum absolute atomic E-state index is 13.4. The van der Waals surface area contributed by atoms with Gasteiger partial charge in [0.15, 0.2) is 11.6 Å². The van der Waals surface area contributed by atoms with E-state index in [2.05, 4.69) is 20.7 Å². The number of Topliss-reactive ketones (excluding diaryl/α,β-unsaturated/α-hetero) is 2. The third-order valence-electron chi connectivity index (χ3n) is 9.08. The van der Waals surface area contributed by atoms with E-state index in [0.29, 0.717) is 22.3 Å². The van der Waals surface area contributed by atoms with Gasteiger partial charge in [-0.25, -0.2) is 28.8 Å². The molecule has 63 heavy (non-hydrogen) atoms. The molecule has 0 saturated carbocycles. The standard InChI is InChI=1S/C40H41N7O16/c41-47-46-26-18-24(31(48)15-22-5-1-20(2-6-22)13-29(37(58)59)44-39(62)42-27(35(54)55)9-11-33(50)51)17-25(19-26)32(49)16-23-7-3-21(4-8-23)14-30(38(60)61)45-40(63)43-28(36(56)57)10-12-34(52)53/h1-8,17-19,27-30H,9-16H2,(H,50,51)(H,52,53)(H,54,55)(H,56,57)(H,58,59)(H,60,61)(H2,42,44,62)(H2,43,45,63)/t27-,28-,29-,30-/m0/s1. The smallest absolute Gasteiger partial charge is 0.326 e. The van der Waals surface area contributed by atoms with Gasteiger partial charge in [0.2, 0.25) is 0 Å². The third-order valence-corrected chi connectivity index (χ3v) is 9.08. The van der Waals surface area contributed by atoms with Crippen molar-refractivity contribution in [1.82, 2.24) is 21.3 Å². The largest absolute Gasteiger partial charge is 0.481 e. The van der Waals surface area contributed by atoms with Crippen molar-refractivity contribution >= 4 is 65.1 Å². The van der Waals surface area contributed by atoms with Crippen LogP contribution in [-0.2, 0) is 54.5 Å². The number of hydrogen-bond donors (Lipinski definition) is 10. The lowest BCUT2D eigenvalue weighted by atomic mass is 9.95. The first-order valence-corrected chi connectivity index (χ1v) is 18.7. The number of urea groups is 2. The second kappa shape index (κ2) is 23.5. The number of benzene rings is 3. The van der Waals surface area contributed by atoms with Crippen LogP contribution in [0.25, 0.3) is 10.4 Å². The molecule has 0 aliphatic heterocycles. The molecule has 0 fully saturated rings. The predicted octanol–water partition coefficient (Wildman–Crippen LogP) is 2.71. The minimum absolute atomic E-state index is 0.0275. The Morgan fingerprint density at radius 3 is 1.11 bits per heavy atom. The van der Waals surface area contributed by atoms with Gasteiger partial charge >= 0.3 is 47.9 Å². The highest BCUT2D eigenvalue weighted by Crippen LogP contribution is 2.22. The van der Waals surface area contributed by atoms with Gasteiger partial charge in [0.1, 0.15) is 24.2 Å². The number of carboxylic acids is 6. The molecule has 0 bridgehead atoms. The van der Waals surface area contributed by atoms with Crippen LogP contribution in [0, 0.1) is 0 Å². The van der Waals surface area contributed by atoms with Crippen molar-refractivity contribution < 1.29 is 78.6 Å². The van der Waals surface area contributed by atoms with E-state index in [0.717, 1.165) is 0 Å². The normalized spacial score (nSPS) is 12.4. The number of aliphatic carboxylic acids is 6. The van der Waals surface area contributed by atoms with Crippen LogP contribution in [-0.4, -0.2) is 114 Å². The molecular formula is C40H41N7O16. The van der Waals surface area contributed by atoms with Gasteiger partial charge in [-0.05, 0) is 58.8 Å². The Morgan fingerprint density at radius 2 is 0.810 bits per heavy atom. The Balaban J connectivity index is 1.66. The molecule has 4 atom stereocenters. The summed E-state index contributed by atoms with van der Waals surface area (Å²) in [6.45, 7) is 0. The quantitative estimate of drug-likeness (QED) is 0.0253. The molecule has 3 rings (SSSR count). The first-order valence-electron chi connectivity index (χ1n) is 18.7. The SMILES string of the molecule is [N-]=[N+]=Nc1cc(C(=O)Cc2ccc(C[C@H](NC(=O)N[C@@H](CCC(=O)O)C(=O)O)C(=O)O)cc2)cc(C(=O)Cc2ccc(C[C@H](NC(=O)N[C@@H](CCC(=O)O)C(=O)O)C(=O)O)cc2)c1. The predicted molar refractivity (Wildman–Crippen MR) is 214 cm³/mol. The zero-order valence-corrected chi connectivity index (χ0v) is 32.9. The van der Waals surface area contributed by atoms with Crippen LogP contribution in [0.1, 0.15) is 68.7 Å². The fourth-order valence-corrected chi connectivity index (χ4v) is 5.84. The lowest BCUT2D eigenvalue weighted by Gasteiger charge is -2.18. The van der Waals surface area contributed by atoms with E-state index < -0.39 is 109 Å². The summed E-state index contributed by atoms with van der Waals surface area (Å²) in [7, 11) is 0. The van der Waals surface area contributed by atoms with Gasteiger partial charge in [-0.3, -0.25) is 19.2 Å². The molecule has 23 nitrogen and oxygen atoms in total. The van der Waals surface area contributed by atoms with E-state index in [4.69, 9.17) is 15.7 Å². The van der Waals surface area contributed by atoms with E-state index in [-0.39, 0.29) is 42.5 Å². The summed E-state index contributed by atoms with van der Waals surface area (Å²) in [5.41, 5.74) is 10.8. The Kier molecular flexibility index (Phi) is 18.3. The van der Waals surface area contributed by atoms with Crippen molar-refractivity contribution in [2.75, 3.05) is 0 Å². The number of carbonyl (C=O) groups is 10. The second-order valence-corrected chi connectivity index (χ2v) is 13.9. The number of azide groups is 1. The van der Waals surface area contributed by atoms with E-state index in [1.165, 1.54) is 66.7 Å². The number of rotatable bonds is 25. The molecule has 0 unspecified atom stereocenters. The maximum Gasteiger partial charge on any atom is 0.326 e. The van der Waals surface area contributed by atoms with Crippen LogP contribution in [0.2, 0.25) is 0 Å². The van der Waals surface area contributed by atoms with Gasteiger partial charge in [0.25, 0.3) is 0 Å². The highest BCUT2D eigenvalue weighted by atomic mass is 16.4. The number of hydrogen-bond acceptors (Lipinski definition) is 11. The van der Waals surface area contributed by atoms with Gasteiger partial charge in [-0.15, -0.1) is 0 Å². The number of nitrogens with zero attached hydrogens (tertiary/aromatic N) is 3. The van der Waals surface area contributed by atoms with Gasteiger partial charge < -0.3 is 51.9 Å². The molecule has 4 amide bonds. The molecule has 0 aliphatic carbocycles. The molecule has 23 heteroatoms.